The van der Waals surface area contributed by atoms with E-state index in [1.807, 2.05) is 0 Å². The summed E-state index contributed by atoms with van der Waals surface area (Å²) in [7, 11) is -3.42. The molecule has 0 aromatic heterocycles. The highest BCUT2D eigenvalue weighted by Crippen LogP contribution is 2.19. The number of sulfone groups is 1. The van der Waals surface area contributed by atoms with E-state index >= 15 is 0 Å². The van der Waals surface area contributed by atoms with Gasteiger partial charge in [0.1, 0.15) is 0 Å². The van der Waals surface area contributed by atoms with Gasteiger partial charge in [-0.3, -0.25) is 4.79 Å². The normalized spacial score (nSPS) is 11.2. The van der Waals surface area contributed by atoms with Gasteiger partial charge in [-0.1, -0.05) is 0 Å². The van der Waals surface area contributed by atoms with Crippen molar-refractivity contribution >= 4 is 21.4 Å². The summed E-state index contributed by atoms with van der Waals surface area (Å²) >= 11 is 0. The lowest BCUT2D eigenvalue weighted by Gasteiger charge is -2.04. The van der Waals surface area contributed by atoms with Crippen molar-refractivity contribution in [2.45, 2.75) is 4.90 Å². The summed E-state index contributed by atoms with van der Waals surface area (Å²) in [5, 5.41) is 0. The number of nitrogen functional groups attached to an aromatic ring is 1. The van der Waals surface area contributed by atoms with Crippen molar-refractivity contribution in [3.05, 3.63) is 23.8 Å². The molecule has 0 heterocycles. The number of primary amides is 1. The number of nitrogens with two attached hydrogens (primary N) is 2. The molecule has 4 N–H and O–H groups in total. The Morgan fingerprint density at radius 2 is 1.93 bits per heavy atom. The Labute approximate surface area is 81.6 Å². The summed E-state index contributed by atoms with van der Waals surface area (Å²) in [6.07, 6.45) is 1.02. The van der Waals surface area contributed by atoms with Gasteiger partial charge in [-0.15, -0.1) is 0 Å². The molecule has 0 radical (unpaired) electrons. The zero-order valence-electron chi connectivity index (χ0n) is 7.52. The van der Waals surface area contributed by atoms with Crippen molar-refractivity contribution in [1.82, 2.24) is 0 Å². The van der Waals surface area contributed by atoms with Gasteiger partial charge < -0.3 is 11.5 Å². The van der Waals surface area contributed by atoms with Gasteiger partial charge in [-0.25, -0.2) is 8.42 Å². The molecule has 1 rings (SSSR count). The highest BCUT2D eigenvalue weighted by Gasteiger charge is 2.13. The van der Waals surface area contributed by atoms with Gasteiger partial charge in [0, 0.05) is 11.8 Å². The first-order valence-corrected chi connectivity index (χ1v) is 5.61. The summed E-state index contributed by atoms with van der Waals surface area (Å²) in [5.41, 5.74) is 10.7. The lowest BCUT2D eigenvalue weighted by molar-refractivity contribution is 0.1000. The van der Waals surface area contributed by atoms with Crippen molar-refractivity contribution in [1.29, 1.82) is 0 Å². The second-order valence-corrected chi connectivity index (χ2v) is 4.87. The molecule has 0 atom stereocenters. The van der Waals surface area contributed by atoms with Crippen LogP contribution in [0.1, 0.15) is 10.4 Å². The first-order chi connectivity index (χ1) is 6.32. The Kier molecular flexibility index (Phi) is 2.48. The van der Waals surface area contributed by atoms with E-state index in [2.05, 4.69) is 0 Å². The Morgan fingerprint density at radius 3 is 2.36 bits per heavy atom. The fourth-order valence-electron chi connectivity index (χ4n) is 1.01. The summed E-state index contributed by atoms with van der Waals surface area (Å²) < 4.78 is 22.4. The molecule has 0 unspecified atom stereocenters. The molecule has 0 saturated heterocycles. The number of amides is 1. The van der Waals surface area contributed by atoms with Crippen LogP contribution in [0.5, 0.6) is 0 Å². The maximum absolute atomic E-state index is 11.2. The van der Waals surface area contributed by atoms with Gasteiger partial charge in [-0.05, 0) is 18.2 Å². The third-order valence-corrected chi connectivity index (χ3v) is 2.85. The molecule has 6 heteroatoms. The Hall–Kier alpha value is -1.56. The van der Waals surface area contributed by atoms with Crippen LogP contribution in [-0.2, 0) is 9.84 Å². The monoisotopic (exact) mass is 214 g/mol. The minimum Gasteiger partial charge on any atom is -0.398 e. The molecular formula is C8H10N2O3S. The second-order valence-electron chi connectivity index (χ2n) is 2.89. The van der Waals surface area contributed by atoms with Gasteiger partial charge in [0.15, 0.2) is 9.84 Å². The number of hydrogen-bond acceptors (Lipinski definition) is 4. The first-order valence-electron chi connectivity index (χ1n) is 3.72. The molecule has 0 saturated carbocycles. The number of carbonyl (C=O) groups excluding carboxylic acids is 1. The van der Waals surface area contributed by atoms with Crippen LogP contribution in [0.15, 0.2) is 23.1 Å². The summed E-state index contributed by atoms with van der Waals surface area (Å²) in [5.74, 6) is -0.685. The smallest absolute Gasteiger partial charge is 0.248 e. The van der Waals surface area contributed by atoms with Crippen LogP contribution in [0.4, 0.5) is 5.69 Å². The number of anilines is 1. The molecule has 0 fully saturated rings. The van der Waals surface area contributed by atoms with Crippen LogP contribution < -0.4 is 11.5 Å². The van der Waals surface area contributed by atoms with Gasteiger partial charge >= 0.3 is 0 Å². The Morgan fingerprint density at radius 1 is 1.36 bits per heavy atom. The molecule has 0 aliphatic heterocycles. The van der Waals surface area contributed by atoms with Crippen LogP contribution >= 0.6 is 0 Å². The van der Waals surface area contributed by atoms with E-state index in [0.29, 0.717) is 0 Å². The molecule has 1 aromatic carbocycles. The molecule has 0 aliphatic rings. The Bertz CT molecular complexity index is 479. The van der Waals surface area contributed by atoms with Gasteiger partial charge in [0.05, 0.1) is 10.6 Å². The van der Waals surface area contributed by atoms with Gasteiger partial charge in [0.25, 0.3) is 0 Å². The van der Waals surface area contributed by atoms with E-state index in [9.17, 15) is 13.2 Å². The zero-order chi connectivity index (χ0) is 10.9. The molecule has 0 bridgehead atoms. The number of benzene rings is 1. The predicted octanol–water partition coefficient (Wildman–Crippen LogP) is -0.229. The van der Waals surface area contributed by atoms with E-state index in [1.165, 1.54) is 18.2 Å². The van der Waals surface area contributed by atoms with E-state index < -0.39 is 15.7 Å². The maximum Gasteiger partial charge on any atom is 0.248 e. The summed E-state index contributed by atoms with van der Waals surface area (Å²) in [4.78, 5) is 10.7. The number of rotatable bonds is 2. The van der Waals surface area contributed by atoms with Crippen molar-refractivity contribution in [2.24, 2.45) is 5.73 Å². The standard InChI is InChI=1S/C8H10N2O3S/c1-14(12,13)7-4-5(8(10)11)2-3-6(7)9/h2-4H,9H2,1H3,(H2,10,11). The topological polar surface area (TPSA) is 103 Å². The summed E-state index contributed by atoms with van der Waals surface area (Å²) in [6.45, 7) is 0. The highest BCUT2D eigenvalue weighted by molar-refractivity contribution is 7.90. The molecule has 0 aliphatic carbocycles. The van der Waals surface area contributed by atoms with Crippen molar-refractivity contribution in [2.75, 3.05) is 12.0 Å². The molecule has 1 aromatic rings. The fraction of sp³-hybridized carbons (Fsp3) is 0.125. The average molecular weight is 214 g/mol. The third kappa shape index (κ3) is 2.02. The van der Waals surface area contributed by atoms with Crippen LogP contribution in [0.3, 0.4) is 0 Å². The second kappa shape index (κ2) is 3.30. The fourth-order valence-corrected chi connectivity index (χ4v) is 1.85. The van der Waals surface area contributed by atoms with Crippen molar-refractivity contribution in [3.63, 3.8) is 0 Å². The molecular weight excluding hydrogens is 204 g/mol. The largest absolute Gasteiger partial charge is 0.398 e. The van der Waals surface area contributed by atoms with E-state index in [1.54, 1.807) is 0 Å². The SMILES string of the molecule is CS(=O)(=O)c1cc(C(N)=O)ccc1N. The summed E-state index contributed by atoms with van der Waals surface area (Å²) in [6, 6.07) is 3.90. The Balaban J connectivity index is 3.44. The predicted molar refractivity (Wildman–Crippen MR) is 52.5 cm³/mol. The number of carbonyl (C=O) groups is 1. The average Bonchev–Trinajstić information content (AvgIpc) is 2.02. The quantitative estimate of drug-likeness (QED) is 0.663. The third-order valence-electron chi connectivity index (χ3n) is 1.70. The molecule has 0 spiro atoms. The number of hydrogen-bond donors (Lipinski definition) is 2. The minimum atomic E-state index is -3.42. The van der Waals surface area contributed by atoms with E-state index in [-0.39, 0.29) is 16.1 Å². The molecule has 14 heavy (non-hydrogen) atoms. The van der Waals surface area contributed by atoms with E-state index in [4.69, 9.17) is 11.5 Å². The molecule has 5 nitrogen and oxygen atoms in total. The molecule has 1 amide bonds. The van der Waals surface area contributed by atoms with Crippen LogP contribution in [-0.4, -0.2) is 20.6 Å². The minimum absolute atomic E-state index is 0.0752. The maximum atomic E-state index is 11.2. The van der Waals surface area contributed by atoms with Crippen LogP contribution in [0, 0.1) is 0 Å². The highest BCUT2D eigenvalue weighted by atomic mass is 32.2. The van der Waals surface area contributed by atoms with Crippen LogP contribution in [0.2, 0.25) is 0 Å². The first kappa shape index (κ1) is 10.5. The van der Waals surface area contributed by atoms with Gasteiger partial charge in [0.2, 0.25) is 5.91 Å². The zero-order valence-corrected chi connectivity index (χ0v) is 8.34. The molecule has 76 valence electrons. The lowest BCUT2D eigenvalue weighted by Crippen LogP contribution is -2.12. The van der Waals surface area contributed by atoms with Crippen molar-refractivity contribution in [3.8, 4) is 0 Å². The van der Waals surface area contributed by atoms with Gasteiger partial charge in [-0.2, -0.15) is 0 Å². The van der Waals surface area contributed by atoms with Crippen LogP contribution in [0.25, 0.3) is 0 Å². The van der Waals surface area contributed by atoms with Crippen molar-refractivity contribution < 1.29 is 13.2 Å². The lowest BCUT2D eigenvalue weighted by atomic mass is 10.2. The van der Waals surface area contributed by atoms with E-state index in [0.717, 1.165) is 6.26 Å².